The standard InChI is InChI=1S/C14H13IN/c1-12-7-5-6-10-14(12)16(15)11-13-8-3-2-4-9-13/h2-10H,1,11H2. The molecule has 0 fully saturated rings. The van der Waals surface area contributed by atoms with E-state index in [1.165, 1.54) is 11.3 Å². The molecule has 0 N–H and O–H groups in total. The van der Waals surface area contributed by atoms with Crippen LogP contribution < -0.4 is 3.11 Å². The third kappa shape index (κ3) is 2.76. The normalized spacial score (nSPS) is 10.1. The quantitative estimate of drug-likeness (QED) is 0.604. The molecule has 0 aliphatic heterocycles. The van der Waals surface area contributed by atoms with Gasteiger partial charge in [0.05, 0.1) is 29.4 Å². The zero-order chi connectivity index (χ0) is 11.4. The molecule has 0 unspecified atom stereocenters. The summed E-state index contributed by atoms with van der Waals surface area (Å²) in [6.45, 7) is 4.93. The molecule has 0 spiro atoms. The van der Waals surface area contributed by atoms with Crippen LogP contribution in [-0.4, -0.2) is 0 Å². The Hall–Kier alpha value is -1.03. The fourth-order valence-electron chi connectivity index (χ4n) is 1.58. The lowest BCUT2D eigenvalue weighted by molar-refractivity contribution is 1.08. The summed E-state index contributed by atoms with van der Waals surface area (Å²) >= 11 is 2.33. The highest BCUT2D eigenvalue weighted by molar-refractivity contribution is 14.1. The molecule has 2 aromatic rings. The number of hydrogen-bond acceptors (Lipinski definition) is 1. The molecule has 0 heterocycles. The van der Waals surface area contributed by atoms with Gasteiger partial charge in [0.15, 0.2) is 0 Å². The molecular formula is C14H13IN. The monoisotopic (exact) mass is 322 g/mol. The van der Waals surface area contributed by atoms with Crippen molar-refractivity contribution in [3.63, 3.8) is 0 Å². The van der Waals surface area contributed by atoms with Crippen LogP contribution in [0.4, 0.5) is 5.69 Å². The van der Waals surface area contributed by atoms with E-state index in [1.807, 2.05) is 24.3 Å². The molecule has 81 valence electrons. The van der Waals surface area contributed by atoms with Crippen LogP contribution in [0.1, 0.15) is 11.1 Å². The summed E-state index contributed by atoms with van der Waals surface area (Å²) in [5.74, 6) is 0. The third-order valence-corrected chi connectivity index (χ3v) is 3.28. The first kappa shape index (κ1) is 11.5. The van der Waals surface area contributed by atoms with Gasteiger partial charge in [0.1, 0.15) is 0 Å². The Bertz CT molecular complexity index is 453. The van der Waals surface area contributed by atoms with E-state index in [0.29, 0.717) is 0 Å². The minimum atomic E-state index is 0.897. The average Bonchev–Trinajstić information content (AvgIpc) is 2.31. The lowest BCUT2D eigenvalue weighted by Gasteiger charge is -2.18. The number of benzene rings is 2. The number of halogens is 1. The first-order chi connectivity index (χ1) is 7.77. The van der Waals surface area contributed by atoms with Crippen LogP contribution in [0.3, 0.4) is 0 Å². The third-order valence-electron chi connectivity index (χ3n) is 2.42. The second kappa shape index (κ2) is 5.34. The average molecular weight is 322 g/mol. The predicted molar refractivity (Wildman–Crippen MR) is 77.5 cm³/mol. The summed E-state index contributed by atoms with van der Waals surface area (Å²) in [7, 11) is 0. The lowest BCUT2D eigenvalue weighted by Crippen LogP contribution is -2.09. The number of rotatable bonds is 3. The van der Waals surface area contributed by atoms with Gasteiger partial charge in [0.25, 0.3) is 0 Å². The van der Waals surface area contributed by atoms with Crippen molar-refractivity contribution in [3.05, 3.63) is 72.6 Å². The molecule has 1 radical (unpaired) electrons. The van der Waals surface area contributed by atoms with E-state index >= 15 is 0 Å². The number of nitrogens with zero attached hydrogens (tertiary/aromatic N) is 1. The van der Waals surface area contributed by atoms with Crippen molar-refractivity contribution < 1.29 is 0 Å². The molecule has 0 saturated carbocycles. The molecular weight excluding hydrogens is 309 g/mol. The SMILES string of the molecule is [CH2]c1ccccc1N(I)Cc1ccccc1. The van der Waals surface area contributed by atoms with Crippen molar-refractivity contribution in [2.24, 2.45) is 0 Å². The van der Waals surface area contributed by atoms with E-state index in [0.717, 1.165) is 12.1 Å². The Morgan fingerprint density at radius 1 is 0.938 bits per heavy atom. The molecule has 0 aromatic heterocycles. The van der Waals surface area contributed by atoms with Crippen LogP contribution >= 0.6 is 22.9 Å². The zero-order valence-corrected chi connectivity index (χ0v) is 11.1. The molecule has 2 aromatic carbocycles. The molecule has 16 heavy (non-hydrogen) atoms. The van der Waals surface area contributed by atoms with Gasteiger partial charge in [-0.2, -0.15) is 0 Å². The largest absolute Gasteiger partial charge is 0.310 e. The van der Waals surface area contributed by atoms with E-state index in [1.54, 1.807) is 0 Å². The topological polar surface area (TPSA) is 3.24 Å². The zero-order valence-electron chi connectivity index (χ0n) is 8.94. The van der Waals surface area contributed by atoms with E-state index < -0.39 is 0 Å². The van der Waals surface area contributed by atoms with Gasteiger partial charge in [-0.25, -0.2) is 0 Å². The number of hydrogen-bond donors (Lipinski definition) is 0. The maximum absolute atomic E-state index is 4.04. The van der Waals surface area contributed by atoms with E-state index in [2.05, 4.69) is 63.2 Å². The van der Waals surface area contributed by atoms with Crippen molar-refractivity contribution in [3.8, 4) is 0 Å². The summed E-state index contributed by atoms with van der Waals surface area (Å²) in [4.78, 5) is 0. The molecule has 0 aliphatic carbocycles. The van der Waals surface area contributed by atoms with Gasteiger partial charge in [-0.15, -0.1) is 0 Å². The fraction of sp³-hybridized carbons (Fsp3) is 0.0714. The Balaban J connectivity index is 2.15. The van der Waals surface area contributed by atoms with Gasteiger partial charge in [-0.05, 0) is 24.1 Å². The van der Waals surface area contributed by atoms with E-state index in [4.69, 9.17) is 0 Å². The summed E-state index contributed by atoms with van der Waals surface area (Å²) in [5, 5.41) is 0. The fourth-order valence-corrected chi connectivity index (χ4v) is 2.44. The smallest absolute Gasteiger partial charge is 0.0594 e. The molecule has 0 bridgehead atoms. The second-order valence-corrected chi connectivity index (χ2v) is 4.80. The van der Waals surface area contributed by atoms with Crippen molar-refractivity contribution in [1.29, 1.82) is 0 Å². The van der Waals surface area contributed by atoms with Gasteiger partial charge in [0, 0.05) is 5.69 Å². The van der Waals surface area contributed by atoms with Gasteiger partial charge < -0.3 is 3.11 Å². The molecule has 0 saturated heterocycles. The van der Waals surface area contributed by atoms with Crippen LogP contribution in [0.2, 0.25) is 0 Å². The maximum atomic E-state index is 4.04. The maximum Gasteiger partial charge on any atom is 0.0594 e. The van der Waals surface area contributed by atoms with Crippen molar-refractivity contribution in [2.75, 3.05) is 3.11 Å². The first-order valence-electron chi connectivity index (χ1n) is 5.15. The van der Waals surface area contributed by atoms with Crippen LogP contribution in [0, 0.1) is 6.92 Å². The molecule has 2 rings (SSSR count). The van der Waals surface area contributed by atoms with Crippen LogP contribution in [0.15, 0.2) is 54.6 Å². The minimum absolute atomic E-state index is 0.897. The summed E-state index contributed by atoms with van der Waals surface area (Å²) in [6, 6.07) is 18.6. The minimum Gasteiger partial charge on any atom is -0.310 e. The lowest BCUT2D eigenvalue weighted by atomic mass is 10.2. The predicted octanol–water partition coefficient (Wildman–Crippen LogP) is 4.23. The van der Waals surface area contributed by atoms with Gasteiger partial charge in [0.2, 0.25) is 0 Å². The molecule has 0 amide bonds. The van der Waals surface area contributed by atoms with Crippen LogP contribution in [0.25, 0.3) is 0 Å². The summed E-state index contributed by atoms with van der Waals surface area (Å²) < 4.78 is 2.19. The number of anilines is 1. The second-order valence-electron chi connectivity index (χ2n) is 3.63. The Morgan fingerprint density at radius 2 is 1.56 bits per heavy atom. The first-order valence-corrected chi connectivity index (χ1v) is 6.12. The molecule has 0 aliphatic rings. The molecule has 2 heteroatoms. The Morgan fingerprint density at radius 3 is 2.25 bits per heavy atom. The van der Waals surface area contributed by atoms with Crippen molar-refractivity contribution >= 4 is 28.6 Å². The molecule has 1 nitrogen and oxygen atoms in total. The van der Waals surface area contributed by atoms with Crippen LogP contribution in [-0.2, 0) is 6.54 Å². The van der Waals surface area contributed by atoms with E-state index in [9.17, 15) is 0 Å². The summed E-state index contributed by atoms with van der Waals surface area (Å²) in [6.07, 6.45) is 0. The van der Waals surface area contributed by atoms with Crippen molar-refractivity contribution in [1.82, 2.24) is 0 Å². The highest BCUT2D eigenvalue weighted by atomic mass is 127. The highest BCUT2D eigenvalue weighted by Gasteiger charge is 2.05. The van der Waals surface area contributed by atoms with Crippen molar-refractivity contribution in [2.45, 2.75) is 6.54 Å². The highest BCUT2D eigenvalue weighted by Crippen LogP contribution is 2.24. The molecule has 0 atom stereocenters. The van der Waals surface area contributed by atoms with Gasteiger partial charge in [-0.1, -0.05) is 48.5 Å². The number of para-hydroxylation sites is 1. The van der Waals surface area contributed by atoms with Gasteiger partial charge >= 0.3 is 0 Å². The Kier molecular flexibility index (Phi) is 3.83. The van der Waals surface area contributed by atoms with Gasteiger partial charge in [-0.3, -0.25) is 0 Å². The van der Waals surface area contributed by atoms with E-state index in [-0.39, 0.29) is 0 Å². The Labute approximate surface area is 111 Å². The summed E-state index contributed by atoms with van der Waals surface area (Å²) in [5.41, 5.74) is 3.54. The van der Waals surface area contributed by atoms with Crippen LogP contribution in [0.5, 0.6) is 0 Å².